The Balaban J connectivity index is 2.98. The lowest BCUT2D eigenvalue weighted by molar-refractivity contribution is 0.0570. The fourth-order valence-corrected chi connectivity index (χ4v) is 1.90. The molecule has 0 saturated carbocycles. The molecule has 0 aromatic heterocycles. The number of aryl methyl sites for hydroxylation is 1. The molecule has 0 aliphatic rings. The maximum absolute atomic E-state index is 12.4. The van der Waals surface area contributed by atoms with E-state index in [0.717, 1.165) is 16.0 Å². The molecule has 0 unspecified atom stereocenters. The Hall–Kier alpha value is -1.16. The Morgan fingerprint density at radius 2 is 2.06 bits per heavy atom. The van der Waals surface area contributed by atoms with Gasteiger partial charge in [-0.2, -0.15) is 0 Å². The van der Waals surface area contributed by atoms with Gasteiger partial charge in [-0.05, 0) is 31.0 Å². The first-order valence-corrected chi connectivity index (χ1v) is 6.20. The lowest BCUT2D eigenvalue weighted by Crippen LogP contribution is -2.37. The Labute approximate surface area is 111 Å². The highest BCUT2D eigenvalue weighted by Crippen LogP contribution is 2.15. The third kappa shape index (κ3) is 3.67. The molecule has 1 rings (SSSR count). The number of carbonyl (C=O) groups excluding carboxylic acids is 1. The number of rotatable bonds is 5. The molecule has 0 radical (unpaired) electrons. The minimum absolute atomic E-state index is 0.123. The molecule has 2 nitrogen and oxygen atoms in total. The van der Waals surface area contributed by atoms with E-state index < -0.39 is 18.9 Å². The first kappa shape index (κ1) is 14.9. The smallest absolute Gasteiger partial charge is 0.255 e. The maximum Gasteiger partial charge on any atom is 0.255 e. The van der Waals surface area contributed by atoms with Crippen LogP contribution < -0.4 is 0 Å². The fraction of sp³-hybridized carbons (Fsp3) is 0.462. The highest BCUT2D eigenvalue weighted by atomic mass is 35.5. The van der Waals surface area contributed by atoms with Crippen LogP contribution in [0.15, 0.2) is 18.2 Å². The number of hydrogen-bond donors (Lipinski definition) is 0. The van der Waals surface area contributed by atoms with Crippen molar-refractivity contribution in [3.05, 3.63) is 34.9 Å². The number of alkyl halides is 3. The highest BCUT2D eigenvalue weighted by molar-refractivity contribution is 6.18. The van der Waals surface area contributed by atoms with Gasteiger partial charge in [-0.15, -0.1) is 11.6 Å². The van der Waals surface area contributed by atoms with E-state index >= 15 is 0 Å². The van der Waals surface area contributed by atoms with Crippen LogP contribution in [-0.2, 0) is 0 Å². The third-order valence-electron chi connectivity index (χ3n) is 2.84. The second kappa shape index (κ2) is 6.69. The molecule has 0 aliphatic heterocycles. The third-order valence-corrected chi connectivity index (χ3v) is 3.00. The first-order valence-electron chi connectivity index (χ1n) is 5.67. The average molecular weight is 276 g/mol. The summed E-state index contributed by atoms with van der Waals surface area (Å²) in [7, 11) is 0. The number of benzene rings is 1. The van der Waals surface area contributed by atoms with Gasteiger partial charge in [0.1, 0.15) is 0 Å². The van der Waals surface area contributed by atoms with Crippen LogP contribution in [0.1, 0.15) is 21.5 Å². The monoisotopic (exact) mass is 275 g/mol. The van der Waals surface area contributed by atoms with Gasteiger partial charge in [0.05, 0.1) is 6.54 Å². The summed E-state index contributed by atoms with van der Waals surface area (Å²) in [5.74, 6) is -0.249. The first-order chi connectivity index (χ1) is 8.47. The van der Waals surface area contributed by atoms with Crippen molar-refractivity contribution in [2.75, 3.05) is 19.0 Å². The van der Waals surface area contributed by atoms with E-state index in [4.69, 9.17) is 11.6 Å². The number of halogens is 3. The molecular formula is C13H16ClF2NO. The quantitative estimate of drug-likeness (QED) is 0.756. The molecule has 18 heavy (non-hydrogen) atoms. The lowest BCUT2D eigenvalue weighted by Gasteiger charge is -2.22. The number of hydrogen-bond acceptors (Lipinski definition) is 1. The van der Waals surface area contributed by atoms with Crippen molar-refractivity contribution in [1.82, 2.24) is 4.90 Å². The largest absolute Gasteiger partial charge is 0.332 e. The molecule has 0 spiro atoms. The van der Waals surface area contributed by atoms with Gasteiger partial charge in [0.2, 0.25) is 0 Å². The van der Waals surface area contributed by atoms with E-state index in [9.17, 15) is 13.6 Å². The standard InChI is InChI=1S/C13H16ClF2NO/c1-9-4-3-5-11(10(9)2)13(18)17(7-6-14)8-12(15)16/h3-5,12H,6-8H2,1-2H3. The lowest BCUT2D eigenvalue weighted by atomic mass is 10.0. The van der Waals surface area contributed by atoms with Gasteiger partial charge in [-0.3, -0.25) is 4.79 Å². The molecule has 0 fully saturated rings. The topological polar surface area (TPSA) is 20.3 Å². The van der Waals surface area contributed by atoms with Crippen LogP contribution in [0.3, 0.4) is 0 Å². The molecule has 0 heterocycles. The Kier molecular flexibility index (Phi) is 5.54. The van der Waals surface area contributed by atoms with Crippen LogP contribution in [0.25, 0.3) is 0 Å². The molecule has 0 saturated heterocycles. The molecular weight excluding hydrogens is 260 g/mol. The van der Waals surface area contributed by atoms with Gasteiger partial charge in [0, 0.05) is 18.0 Å². The van der Waals surface area contributed by atoms with E-state index in [0.29, 0.717) is 5.56 Å². The SMILES string of the molecule is Cc1cccc(C(=O)N(CCCl)CC(F)F)c1C. The molecule has 1 aromatic rings. The molecule has 1 aromatic carbocycles. The predicted molar refractivity (Wildman–Crippen MR) is 68.5 cm³/mol. The van der Waals surface area contributed by atoms with Crippen molar-refractivity contribution in [2.24, 2.45) is 0 Å². The van der Waals surface area contributed by atoms with Gasteiger partial charge < -0.3 is 4.90 Å². The Morgan fingerprint density at radius 3 is 2.61 bits per heavy atom. The summed E-state index contributed by atoms with van der Waals surface area (Å²) >= 11 is 5.54. The summed E-state index contributed by atoms with van der Waals surface area (Å²) in [5, 5.41) is 0. The van der Waals surface area contributed by atoms with E-state index in [1.807, 2.05) is 19.9 Å². The summed E-state index contributed by atoms with van der Waals surface area (Å²) in [6, 6.07) is 5.28. The molecule has 0 atom stereocenters. The van der Waals surface area contributed by atoms with E-state index in [1.54, 1.807) is 12.1 Å². The minimum atomic E-state index is -2.55. The highest BCUT2D eigenvalue weighted by Gasteiger charge is 2.20. The van der Waals surface area contributed by atoms with Crippen LogP contribution in [0.5, 0.6) is 0 Å². The van der Waals surface area contributed by atoms with Gasteiger partial charge >= 0.3 is 0 Å². The van der Waals surface area contributed by atoms with Crippen molar-refractivity contribution in [3.63, 3.8) is 0 Å². The van der Waals surface area contributed by atoms with Gasteiger partial charge in [-0.1, -0.05) is 12.1 Å². The zero-order valence-corrected chi connectivity index (χ0v) is 11.2. The van der Waals surface area contributed by atoms with Gasteiger partial charge in [0.15, 0.2) is 0 Å². The summed E-state index contributed by atoms with van der Waals surface area (Å²) in [5.41, 5.74) is 2.24. The Bertz CT molecular complexity index is 423. The van der Waals surface area contributed by atoms with Crippen LogP contribution in [-0.4, -0.2) is 36.2 Å². The van der Waals surface area contributed by atoms with Crippen molar-refractivity contribution in [3.8, 4) is 0 Å². The molecule has 0 aliphatic carbocycles. The van der Waals surface area contributed by atoms with E-state index in [1.165, 1.54) is 0 Å². The van der Waals surface area contributed by atoms with Crippen molar-refractivity contribution in [2.45, 2.75) is 20.3 Å². The second-order valence-electron chi connectivity index (χ2n) is 4.08. The van der Waals surface area contributed by atoms with Crippen molar-refractivity contribution in [1.29, 1.82) is 0 Å². The van der Waals surface area contributed by atoms with Crippen molar-refractivity contribution >= 4 is 17.5 Å². The van der Waals surface area contributed by atoms with Crippen LogP contribution in [0.4, 0.5) is 8.78 Å². The number of carbonyl (C=O) groups is 1. The summed E-state index contributed by atoms with van der Waals surface area (Å²) in [6.07, 6.45) is -2.55. The number of amides is 1. The fourth-order valence-electron chi connectivity index (χ4n) is 1.70. The second-order valence-corrected chi connectivity index (χ2v) is 4.46. The summed E-state index contributed by atoms with van der Waals surface area (Å²) in [6.45, 7) is 3.23. The van der Waals surface area contributed by atoms with Gasteiger partial charge in [0.25, 0.3) is 12.3 Å². The van der Waals surface area contributed by atoms with Crippen LogP contribution >= 0.6 is 11.6 Å². The zero-order chi connectivity index (χ0) is 13.7. The molecule has 1 amide bonds. The number of nitrogens with zero attached hydrogens (tertiary/aromatic N) is 1. The van der Waals surface area contributed by atoms with E-state index in [-0.39, 0.29) is 12.4 Å². The molecule has 5 heteroatoms. The molecule has 0 bridgehead atoms. The summed E-state index contributed by atoms with van der Waals surface area (Å²) in [4.78, 5) is 13.3. The van der Waals surface area contributed by atoms with E-state index in [2.05, 4.69) is 0 Å². The summed E-state index contributed by atoms with van der Waals surface area (Å²) < 4.78 is 24.9. The molecule has 0 N–H and O–H groups in total. The predicted octanol–water partition coefficient (Wildman–Crippen LogP) is 3.25. The van der Waals surface area contributed by atoms with Gasteiger partial charge in [-0.25, -0.2) is 8.78 Å². The van der Waals surface area contributed by atoms with Crippen LogP contribution in [0, 0.1) is 13.8 Å². The minimum Gasteiger partial charge on any atom is -0.332 e. The van der Waals surface area contributed by atoms with Crippen LogP contribution in [0.2, 0.25) is 0 Å². The zero-order valence-electron chi connectivity index (χ0n) is 10.4. The van der Waals surface area contributed by atoms with Crippen molar-refractivity contribution < 1.29 is 13.6 Å². The normalized spacial score (nSPS) is 10.8. The Morgan fingerprint density at radius 1 is 1.39 bits per heavy atom. The average Bonchev–Trinajstić information content (AvgIpc) is 2.31. The maximum atomic E-state index is 12.4. The molecule has 100 valence electrons.